The zero-order valence-corrected chi connectivity index (χ0v) is 11.2. The summed E-state index contributed by atoms with van der Waals surface area (Å²) in [6.45, 7) is 4.89. The minimum Gasteiger partial charge on any atom is -0.305 e. The zero-order chi connectivity index (χ0) is 13.4. The van der Waals surface area contributed by atoms with Crippen molar-refractivity contribution in [2.24, 2.45) is 0 Å². The number of hydrogen-bond acceptors (Lipinski definition) is 2. The van der Waals surface area contributed by atoms with Gasteiger partial charge in [-0.15, -0.1) is 0 Å². The molecule has 19 heavy (non-hydrogen) atoms. The monoisotopic (exact) mass is 255 g/mol. The largest absolute Gasteiger partial charge is 0.305 e. The first kappa shape index (κ1) is 12.0. The maximum atomic E-state index is 12.3. The van der Waals surface area contributed by atoms with Gasteiger partial charge in [0.2, 0.25) is 0 Å². The number of aryl methyl sites for hydroxylation is 4. The fourth-order valence-corrected chi connectivity index (χ4v) is 2.49. The number of benzene rings is 1. The molecule has 1 aliphatic rings. The molecule has 0 fully saturated rings. The van der Waals surface area contributed by atoms with Gasteiger partial charge in [0.1, 0.15) is 0 Å². The summed E-state index contributed by atoms with van der Waals surface area (Å²) in [5.41, 5.74) is 3.99. The summed E-state index contributed by atoms with van der Waals surface area (Å²) >= 11 is 0. The number of hydrogen-bond donors (Lipinski definition) is 1. The minimum atomic E-state index is -0.0852. The molecule has 1 aromatic carbocycles. The van der Waals surface area contributed by atoms with Crippen LogP contribution in [-0.4, -0.2) is 15.7 Å². The number of rotatable bonds is 2. The van der Waals surface area contributed by atoms with Crippen LogP contribution in [0.4, 0.5) is 5.82 Å². The predicted molar refractivity (Wildman–Crippen MR) is 74.4 cm³/mol. The summed E-state index contributed by atoms with van der Waals surface area (Å²) in [4.78, 5) is 12.3. The van der Waals surface area contributed by atoms with Crippen LogP contribution in [0, 0.1) is 13.8 Å². The minimum absolute atomic E-state index is 0.0852. The Balaban J connectivity index is 1.82. The van der Waals surface area contributed by atoms with Crippen molar-refractivity contribution in [2.45, 2.75) is 33.2 Å². The van der Waals surface area contributed by atoms with Gasteiger partial charge in [-0.05, 0) is 38.3 Å². The Labute approximate surface area is 112 Å². The molecule has 2 heterocycles. The third kappa shape index (κ3) is 2.26. The molecule has 0 saturated heterocycles. The molecule has 1 aliphatic heterocycles. The van der Waals surface area contributed by atoms with Crippen molar-refractivity contribution in [3.8, 4) is 0 Å². The Morgan fingerprint density at radius 1 is 1.32 bits per heavy atom. The van der Waals surface area contributed by atoms with Crippen LogP contribution in [0.1, 0.15) is 33.6 Å². The molecule has 0 saturated carbocycles. The van der Waals surface area contributed by atoms with E-state index in [-0.39, 0.29) is 5.91 Å². The lowest BCUT2D eigenvalue weighted by atomic mass is 10.1. The van der Waals surface area contributed by atoms with Crippen LogP contribution in [0.5, 0.6) is 0 Å². The van der Waals surface area contributed by atoms with Crippen LogP contribution in [0.2, 0.25) is 0 Å². The predicted octanol–water partition coefficient (Wildman–Crippen LogP) is 2.70. The van der Waals surface area contributed by atoms with Gasteiger partial charge in [-0.2, -0.15) is 5.10 Å². The highest BCUT2D eigenvalue weighted by atomic mass is 16.1. The molecule has 0 spiro atoms. The van der Waals surface area contributed by atoms with Crippen molar-refractivity contribution in [2.75, 3.05) is 5.32 Å². The molecule has 1 aromatic heterocycles. The highest BCUT2D eigenvalue weighted by Crippen LogP contribution is 2.19. The summed E-state index contributed by atoms with van der Waals surface area (Å²) in [6, 6.07) is 7.86. The molecule has 98 valence electrons. The number of fused-ring (bicyclic) bond motifs is 1. The van der Waals surface area contributed by atoms with Gasteiger partial charge in [0.15, 0.2) is 5.82 Å². The number of anilines is 1. The van der Waals surface area contributed by atoms with Gasteiger partial charge in [-0.3, -0.25) is 9.48 Å². The Kier molecular flexibility index (Phi) is 2.85. The van der Waals surface area contributed by atoms with Gasteiger partial charge >= 0.3 is 0 Å². The maximum absolute atomic E-state index is 12.3. The highest BCUT2D eigenvalue weighted by molar-refractivity contribution is 6.04. The number of nitrogens with one attached hydrogen (secondary N) is 1. The van der Waals surface area contributed by atoms with Crippen LogP contribution in [-0.2, 0) is 13.0 Å². The van der Waals surface area contributed by atoms with Gasteiger partial charge in [0, 0.05) is 23.9 Å². The van der Waals surface area contributed by atoms with Gasteiger partial charge in [-0.1, -0.05) is 17.7 Å². The molecule has 0 radical (unpaired) electrons. The molecule has 0 unspecified atom stereocenters. The third-order valence-electron chi connectivity index (χ3n) is 3.55. The molecule has 2 aromatic rings. The van der Waals surface area contributed by atoms with E-state index in [1.54, 1.807) is 0 Å². The Hall–Kier alpha value is -2.10. The van der Waals surface area contributed by atoms with E-state index in [0.717, 1.165) is 30.5 Å². The van der Waals surface area contributed by atoms with Crippen LogP contribution in [0.3, 0.4) is 0 Å². The molecular weight excluding hydrogens is 238 g/mol. The molecule has 4 heteroatoms. The Morgan fingerprint density at radius 2 is 2.16 bits per heavy atom. The van der Waals surface area contributed by atoms with Gasteiger partial charge in [0.05, 0.1) is 0 Å². The number of aromatic nitrogens is 2. The lowest BCUT2D eigenvalue weighted by Crippen LogP contribution is -2.14. The van der Waals surface area contributed by atoms with E-state index in [9.17, 15) is 4.79 Å². The van der Waals surface area contributed by atoms with Crippen LogP contribution >= 0.6 is 0 Å². The topological polar surface area (TPSA) is 46.9 Å². The summed E-state index contributed by atoms with van der Waals surface area (Å²) in [7, 11) is 0. The second-order valence-corrected chi connectivity index (χ2v) is 5.12. The average molecular weight is 255 g/mol. The second kappa shape index (κ2) is 4.53. The lowest BCUT2D eigenvalue weighted by molar-refractivity contribution is 0.102. The number of amides is 1. The number of nitrogens with zero attached hydrogens (tertiary/aromatic N) is 2. The number of carbonyl (C=O) groups excluding carboxylic acids is 1. The molecule has 1 amide bonds. The second-order valence-electron chi connectivity index (χ2n) is 5.12. The first-order chi connectivity index (χ1) is 9.13. The molecule has 0 atom stereocenters. The third-order valence-corrected chi connectivity index (χ3v) is 3.55. The van der Waals surface area contributed by atoms with E-state index in [1.807, 2.05) is 42.8 Å². The first-order valence-corrected chi connectivity index (χ1v) is 6.59. The van der Waals surface area contributed by atoms with E-state index in [0.29, 0.717) is 11.4 Å². The normalized spacial score (nSPS) is 13.4. The summed E-state index contributed by atoms with van der Waals surface area (Å²) in [6.07, 6.45) is 2.19. The molecule has 1 N–H and O–H groups in total. The standard InChI is InChI=1S/C15H17N3O/c1-10-5-6-11(2)13(8-10)15(19)16-14-9-12-4-3-7-18(12)17-14/h5-6,8-9H,3-4,7H2,1-2H3,(H,16,17,19). The van der Waals surface area contributed by atoms with E-state index in [1.165, 1.54) is 5.69 Å². The van der Waals surface area contributed by atoms with Gasteiger partial charge in [-0.25, -0.2) is 0 Å². The molecule has 0 aliphatic carbocycles. The summed E-state index contributed by atoms with van der Waals surface area (Å²) < 4.78 is 1.97. The quantitative estimate of drug-likeness (QED) is 0.896. The van der Waals surface area contributed by atoms with E-state index < -0.39 is 0 Å². The zero-order valence-electron chi connectivity index (χ0n) is 11.2. The summed E-state index contributed by atoms with van der Waals surface area (Å²) in [5.74, 6) is 0.568. The van der Waals surface area contributed by atoms with Crippen molar-refractivity contribution in [1.82, 2.24) is 9.78 Å². The number of carbonyl (C=O) groups is 1. The van der Waals surface area contributed by atoms with Crippen molar-refractivity contribution in [3.05, 3.63) is 46.6 Å². The highest BCUT2D eigenvalue weighted by Gasteiger charge is 2.16. The lowest BCUT2D eigenvalue weighted by Gasteiger charge is -2.06. The Bertz CT molecular complexity index is 621. The SMILES string of the molecule is Cc1ccc(C)c(C(=O)Nc2cc3n(n2)CCC3)c1. The smallest absolute Gasteiger partial charge is 0.257 e. The van der Waals surface area contributed by atoms with Crippen molar-refractivity contribution >= 4 is 11.7 Å². The first-order valence-electron chi connectivity index (χ1n) is 6.59. The molecule has 0 bridgehead atoms. The maximum Gasteiger partial charge on any atom is 0.257 e. The van der Waals surface area contributed by atoms with Crippen LogP contribution in [0.15, 0.2) is 24.3 Å². The van der Waals surface area contributed by atoms with Gasteiger partial charge < -0.3 is 5.32 Å². The van der Waals surface area contributed by atoms with E-state index in [2.05, 4.69) is 10.4 Å². The van der Waals surface area contributed by atoms with Crippen molar-refractivity contribution in [3.63, 3.8) is 0 Å². The molecule has 3 rings (SSSR count). The molecular formula is C15H17N3O. The van der Waals surface area contributed by atoms with Crippen molar-refractivity contribution < 1.29 is 4.79 Å². The fourth-order valence-electron chi connectivity index (χ4n) is 2.49. The average Bonchev–Trinajstić information content (AvgIpc) is 2.92. The van der Waals surface area contributed by atoms with Crippen LogP contribution in [0.25, 0.3) is 0 Å². The van der Waals surface area contributed by atoms with E-state index >= 15 is 0 Å². The van der Waals surface area contributed by atoms with Crippen molar-refractivity contribution in [1.29, 1.82) is 0 Å². The van der Waals surface area contributed by atoms with Gasteiger partial charge in [0.25, 0.3) is 5.91 Å². The van der Waals surface area contributed by atoms with E-state index in [4.69, 9.17) is 0 Å². The van der Waals surface area contributed by atoms with Crippen LogP contribution < -0.4 is 5.32 Å². The molecule has 4 nitrogen and oxygen atoms in total. The fraction of sp³-hybridized carbons (Fsp3) is 0.333. The Morgan fingerprint density at radius 3 is 2.95 bits per heavy atom. The summed E-state index contributed by atoms with van der Waals surface area (Å²) in [5, 5.41) is 7.28.